The second-order valence-electron chi connectivity index (χ2n) is 6.05. The SMILES string of the molecule is CN1CCC(C(=O)O)(c2ccc(Br)cc2)CC1(C)C. The summed E-state index contributed by atoms with van der Waals surface area (Å²) in [6, 6.07) is 7.70. The van der Waals surface area contributed by atoms with Crippen molar-refractivity contribution in [2.24, 2.45) is 0 Å². The van der Waals surface area contributed by atoms with Crippen LogP contribution in [0.2, 0.25) is 0 Å². The number of halogens is 1. The number of carbonyl (C=O) groups is 1. The van der Waals surface area contributed by atoms with Gasteiger partial charge in [0, 0.05) is 10.0 Å². The van der Waals surface area contributed by atoms with Gasteiger partial charge in [-0.3, -0.25) is 4.79 Å². The van der Waals surface area contributed by atoms with E-state index in [9.17, 15) is 9.90 Å². The number of carboxylic acid groups (broad SMARTS) is 1. The molecule has 1 fully saturated rings. The molecule has 1 unspecified atom stereocenters. The van der Waals surface area contributed by atoms with E-state index in [2.05, 4.69) is 41.7 Å². The Labute approximate surface area is 122 Å². The van der Waals surface area contributed by atoms with Crippen LogP contribution in [0, 0.1) is 0 Å². The Hall–Kier alpha value is -0.870. The lowest BCUT2D eigenvalue weighted by atomic mass is 9.67. The van der Waals surface area contributed by atoms with E-state index in [0.29, 0.717) is 12.8 Å². The number of aliphatic carboxylic acids is 1. The topological polar surface area (TPSA) is 40.5 Å². The van der Waals surface area contributed by atoms with E-state index in [4.69, 9.17) is 0 Å². The van der Waals surface area contributed by atoms with Crippen molar-refractivity contribution in [3.05, 3.63) is 34.3 Å². The van der Waals surface area contributed by atoms with Gasteiger partial charge in [0.1, 0.15) is 0 Å². The van der Waals surface area contributed by atoms with E-state index < -0.39 is 11.4 Å². The molecule has 4 heteroatoms. The molecule has 1 aromatic rings. The van der Waals surface area contributed by atoms with Gasteiger partial charge in [-0.2, -0.15) is 0 Å². The molecular weight excluding hydrogens is 306 g/mol. The zero-order valence-corrected chi connectivity index (χ0v) is 13.2. The predicted octanol–water partition coefficient (Wildman–Crippen LogP) is 3.28. The summed E-state index contributed by atoms with van der Waals surface area (Å²) >= 11 is 3.40. The summed E-state index contributed by atoms with van der Waals surface area (Å²) in [5, 5.41) is 9.80. The smallest absolute Gasteiger partial charge is 0.314 e. The number of nitrogens with zero attached hydrogens (tertiary/aromatic N) is 1. The van der Waals surface area contributed by atoms with Crippen LogP contribution in [0.15, 0.2) is 28.7 Å². The molecule has 1 atom stereocenters. The average molecular weight is 326 g/mol. The normalized spacial score (nSPS) is 27.2. The molecule has 1 heterocycles. The van der Waals surface area contributed by atoms with Gasteiger partial charge in [0.05, 0.1) is 5.41 Å². The Balaban J connectivity index is 2.45. The van der Waals surface area contributed by atoms with E-state index in [0.717, 1.165) is 16.6 Å². The summed E-state index contributed by atoms with van der Waals surface area (Å²) in [6.45, 7) is 5.03. The van der Waals surface area contributed by atoms with Crippen LogP contribution in [-0.2, 0) is 10.2 Å². The van der Waals surface area contributed by atoms with Crippen molar-refractivity contribution in [3.63, 3.8) is 0 Å². The van der Waals surface area contributed by atoms with E-state index in [-0.39, 0.29) is 5.54 Å². The fraction of sp³-hybridized carbons (Fsp3) is 0.533. The first-order valence-electron chi connectivity index (χ1n) is 6.49. The van der Waals surface area contributed by atoms with Crippen molar-refractivity contribution in [1.82, 2.24) is 4.90 Å². The quantitative estimate of drug-likeness (QED) is 0.907. The standard InChI is InChI=1S/C15H20BrNO2/c1-14(2)10-15(13(18)19,8-9-17(14)3)11-4-6-12(16)7-5-11/h4-7H,8-10H2,1-3H3,(H,18,19). The van der Waals surface area contributed by atoms with Gasteiger partial charge in [0.15, 0.2) is 0 Å². The van der Waals surface area contributed by atoms with Crippen LogP contribution in [0.3, 0.4) is 0 Å². The van der Waals surface area contributed by atoms with Crippen molar-refractivity contribution in [2.45, 2.75) is 37.6 Å². The monoisotopic (exact) mass is 325 g/mol. The lowest BCUT2D eigenvalue weighted by Gasteiger charge is -2.48. The van der Waals surface area contributed by atoms with Gasteiger partial charge in [-0.15, -0.1) is 0 Å². The number of piperidine rings is 1. The third-order valence-electron chi connectivity index (χ3n) is 4.45. The molecular formula is C15H20BrNO2. The van der Waals surface area contributed by atoms with Gasteiger partial charge in [0.2, 0.25) is 0 Å². The number of likely N-dealkylation sites (tertiary alicyclic amines) is 1. The summed E-state index contributed by atoms with van der Waals surface area (Å²) in [4.78, 5) is 14.2. The molecule has 1 saturated heterocycles. The van der Waals surface area contributed by atoms with Gasteiger partial charge in [0.25, 0.3) is 0 Å². The molecule has 19 heavy (non-hydrogen) atoms. The highest BCUT2D eigenvalue weighted by molar-refractivity contribution is 9.10. The zero-order chi connectivity index (χ0) is 14.3. The molecule has 0 bridgehead atoms. The zero-order valence-electron chi connectivity index (χ0n) is 11.6. The van der Waals surface area contributed by atoms with Crippen LogP contribution in [0.4, 0.5) is 0 Å². The first-order valence-corrected chi connectivity index (χ1v) is 7.28. The molecule has 0 radical (unpaired) electrons. The third-order valence-corrected chi connectivity index (χ3v) is 4.98. The summed E-state index contributed by atoms with van der Waals surface area (Å²) in [7, 11) is 2.06. The van der Waals surface area contributed by atoms with Gasteiger partial charge in [-0.1, -0.05) is 28.1 Å². The van der Waals surface area contributed by atoms with Crippen molar-refractivity contribution in [3.8, 4) is 0 Å². The highest BCUT2D eigenvalue weighted by Crippen LogP contribution is 2.42. The Kier molecular flexibility index (Phi) is 3.76. The maximum Gasteiger partial charge on any atom is 0.314 e. The minimum Gasteiger partial charge on any atom is -0.481 e. The van der Waals surface area contributed by atoms with Crippen LogP contribution in [-0.4, -0.2) is 35.1 Å². The maximum atomic E-state index is 11.9. The van der Waals surface area contributed by atoms with Gasteiger partial charge < -0.3 is 10.0 Å². The summed E-state index contributed by atoms with van der Waals surface area (Å²) in [6.07, 6.45) is 1.29. The van der Waals surface area contributed by atoms with Crippen LogP contribution < -0.4 is 0 Å². The highest BCUT2D eigenvalue weighted by Gasteiger charge is 2.48. The van der Waals surface area contributed by atoms with Gasteiger partial charge in [-0.05, 0) is 58.0 Å². The maximum absolute atomic E-state index is 11.9. The molecule has 1 aliphatic rings. The predicted molar refractivity (Wildman–Crippen MR) is 79.4 cm³/mol. The van der Waals surface area contributed by atoms with Gasteiger partial charge in [-0.25, -0.2) is 0 Å². The molecule has 0 aromatic heterocycles. The lowest BCUT2D eigenvalue weighted by molar-refractivity contribution is -0.148. The molecule has 0 saturated carbocycles. The number of benzene rings is 1. The van der Waals surface area contributed by atoms with E-state index in [1.54, 1.807) is 0 Å². The van der Waals surface area contributed by atoms with Crippen LogP contribution in [0.1, 0.15) is 32.3 Å². The van der Waals surface area contributed by atoms with Gasteiger partial charge >= 0.3 is 5.97 Å². The molecule has 0 amide bonds. The Bertz CT molecular complexity index is 483. The number of hydrogen-bond donors (Lipinski definition) is 1. The fourth-order valence-corrected chi connectivity index (χ4v) is 3.21. The third kappa shape index (κ3) is 2.56. The number of rotatable bonds is 2. The summed E-state index contributed by atoms with van der Waals surface area (Å²) in [5.41, 5.74) is 0.0322. The van der Waals surface area contributed by atoms with Crippen molar-refractivity contribution in [1.29, 1.82) is 0 Å². The average Bonchev–Trinajstić information content (AvgIpc) is 2.33. The summed E-state index contributed by atoms with van der Waals surface area (Å²) < 4.78 is 0.976. The highest BCUT2D eigenvalue weighted by atomic mass is 79.9. The van der Waals surface area contributed by atoms with Crippen molar-refractivity contribution in [2.75, 3.05) is 13.6 Å². The molecule has 1 N–H and O–H groups in total. The first kappa shape index (κ1) is 14.5. The minimum atomic E-state index is -0.767. The lowest BCUT2D eigenvalue weighted by Crippen LogP contribution is -2.56. The Morgan fingerprint density at radius 1 is 1.32 bits per heavy atom. The Morgan fingerprint density at radius 3 is 2.37 bits per heavy atom. The molecule has 3 nitrogen and oxygen atoms in total. The van der Waals surface area contributed by atoms with Crippen molar-refractivity contribution < 1.29 is 9.90 Å². The second-order valence-corrected chi connectivity index (χ2v) is 6.97. The fourth-order valence-electron chi connectivity index (χ4n) is 2.94. The Morgan fingerprint density at radius 2 is 1.89 bits per heavy atom. The van der Waals surface area contributed by atoms with E-state index in [1.807, 2.05) is 24.3 Å². The van der Waals surface area contributed by atoms with E-state index >= 15 is 0 Å². The minimum absolute atomic E-state index is 0.107. The number of carboxylic acids is 1. The number of hydrogen-bond acceptors (Lipinski definition) is 2. The molecule has 2 rings (SSSR count). The van der Waals surface area contributed by atoms with Crippen LogP contribution in [0.25, 0.3) is 0 Å². The molecule has 1 aliphatic heterocycles. The van der Waals surface area contributed by atoms with Crippen molar-refractivity contribution >= 4 is 21.9 Å². The second kappa shape index (κ2) is 4.91. The largest absolute Gasteiger partial charge is 0.481 e. The molecule has 104 valence electrons. The summed E-state index contributed by atoms with van der Waals surface area (Å²) in [5.74, 6) is -0.712. The van der Waals surface area contributed by atoms with Crippen LogP contribution >= 0.6 is 15.9 Å². The van der Waals surface area contributed by atoms with Crippen LogP contribution in [0.5, 0.6) is 0 Å². The first-order chi connectivity index (χ1) is 8.78. The molecule has 0 spiro atoms. The van der Waals surface area contributed by atoms with E-state index in [1.165, 1.54) is 0 Å². The molecule has 0 aliphatic carbocycles. The molecule has 1 aromatic carbocycles.